The second-order valence-corrected chi connectivity index (χ2v) is 5.51. The van der Waals surface area contributed by atoms with Crippen molar-refractivity contribution in [2.24, 2.45) is 0 Å². The SMILES string of the molecule is Cc1ccc(C)c2c1C(=O)N(c1ccc(N)cc1Cl)C2=O. The third kappa shape index (κ3) is 1.91. The summed E-state index contributed by atoms with van der Waals surface area (Å²) in [7, 11) is 0. The smallest absolute Gasteiger partial charge is 0.266 e. The van der Waals surface area contributed by atoms with Gasteiger partial charge in [0.1, 0.15) is 0 Å². The van der Waals surface area contributed by atoms with Crippen molar-refractivity contribution in [1.82, 2.24) is 0 Å². The van der Waals surface area contributed by atoms with Gasteiger partial charge >= 0.3 is 0 Å². The van der Waals surface area contributed by atoms with Crippen LogP contribution in [0, 0.1) is 13.8 Å². The van der Waals surface area contributed by atoms with Crippen molar-refractivity contribution >= 4 is 34.8 Å². The van der Waals surface area contributed by atoms with Gasteiger partial charge in [-0.05, 0) is 43.2 Å². The summed E-state index contributed by atoms with van der Waals surface area (Å²) in [6.45, 7) is 3.63. The van der Waals surface area contributed by atoms with Gasteiger partial charge in [-0.2, -0.15) is 0 Å². The highest BCUT2D eigenvalue weighted by Gasteiger charge is 2.39. The van der Waals surface area contributed by atoms with Crippen LogP contribution in [0.1, 0.15) is 31.8 Å². The molecule has 0 aromatic heterocycles. The Balaban J connectivity index is 2.21. The molecule has 2 N–H and O–H groups in total. The number of halogens is 1. The predicted octanol–water partition coefficient (Wildman–Crippen LogP) is 3.34. The van der Waals surface area contributed by atoms with Crippen LogP contribution < -0.4 is 10.6 Å². The maximum Gasteiger partial charge on any atom is 0.266 e. The largest absolute Gasteiger partial charge is 0.399 e. The molecule has 3 rings (SSSR count). The van der Waals surface area contributed by atoms with Crippen molar-refractivity contribution < 1.29 is 9.59 Å². The number of nitrogens with zero attached hydrogens (tertiary/aromatic N) is 1. The number of nitrogens with two attached hydrogens (primary N) is 1. The summed E-state index contributed by atoms with van der Waals surface area (Å²) in [5.41, 5.74) is 8.96. The molecule has 0 atom stereocenters. The summed E-state index contributed by atoms with van der Waals surface area (Å²) in [6, 6.07) is 8.41. The molecule has 0 fully saturated rings. The van der Waals surface area contributed by atoms with Crippen molar-refractivity contribution in [3.63, 3.8) is 0 Å². The minimum Gasteiger partial charge on any atom is -0.399 e. The third-order valence-electron chi connectivity index (χ3n) is 3.67. The van der Waals surface area contributed by atoms with E-state index in [4.69, 9.17) is 17.3 Å². The second kappa shape index (κ2) is 4.60. The molecule has 0 spiro atoms. The minimum atomic E-state index is -0.345. The second-order valence-electron chi connectivity index (χ2n) is 5.11. The molecule has 2 aromatic carbocycles. The van der Waals surface area contributed by atoms with E-state index in [1.165, 1.54) is 6.07 Å². The van der Waals surface area contributed by atoms with Gasteiger partial charge in [-0.15, -0.1) is 0 Å². The van der Waals surface area contributed by atoms with E-state index in [0.717, 1.165) is 16.0 Å². The number of rotatable bonds is 1. The van der Waals surface area contributed by atoms with Gasteiger partial charge in [0.15, 0.2) is 0 Å². The Bertz CT molecular complexity index is 758. The standard InChI is InChI=1S/C16H13ClN2O2/c1-8-3-4-9(2)14-13(8)15(20)19(16(14)21)12-6-5-10(18)7-11(12)17/h3-7H,18H2,1-2H3. The number of carbonyl (C=O) groups excluding carboxylic acids is 2. The summed E-state index contributed by atoms with van der Waals surface area (Å²) in [5.74, 6) is -0.689. The zero-order valence-corrected chi connectivity index (χ0v) is 12.4. The Morgan fingerprint density at radius 3 is 1.95 bits per heavy atom. The molecule has 0 aliphatic carbocycles. The monoisotopic (exact) mass is 300 g/mol. The third-order valence-corrected chi connectivity index (χ3v) is 3.97. The highest BCUT2D eigenvalue weighted by atomic mass is 35.5. The topological polar surface area (TPSA) is 63.4 Å². The van der Waals surface area contributed by atoms with Crippen molar-refractivity contribution in [2.75, 3.05) is 10.6 Å². The van der Waals surface area contributed by atoms with Gasteiger partial charge in [0.2, 0.25) is 0 Å². The normalized spacial score (nSPS) is 13.8. The minimum absolute atomic E-state index is 0.278. The van der Waals surface area contributed by atoms with E-state index in [2.05, 4.69) is 0 Å². The quantitative estimate of drug-likeness (QED) is 0.649. The van der Waals surface area contributed by atoms with Crippen molar-refractivity contribution in [1.29, 1.82) is 0 Å². The van der Waals surface area contributed by atoms with Gasteiger partial charge in [-0.25, -0.2) is 4.90 Å². The van der Waals surface area contributed by atoms with Crippen molar-refractivity contribution in [3.8, 4) is 0 Å². The van der Waals surface area contributed by atoms with Gasteiger partial charge in [0.05, 0.1) is 21.8 Å². The molecular formula is C16H13ClN2O2. The summed E-state index contributed by atoms with van der Waals surface area (Å²) in [4.78, 5) is 26.4. The van der Waals surface area contributed by atoms with Crippen LogP contribution in [-0.2, 0) is 0 Å². The van der Waals surface area contributed by atoms with E-state index in [1.54, 1.807) is 12.1 Å². The van der Waals surface area contributed by atoms with Crippen LogP contribution in [0.2, 0.25) is 5.02 Å². The Hall–Kier alpha value is -2.33. The molecule has 5 heteroatoms. The number of imide groups is 1. The summed E-state index contributed by atoms with van der Waals surface area (Å²) in [5, 5.41) is 0.278. The molecule has 4 nitrogen and oxygen atoms in total. The van der Waals surface area contributed by atoms with Gasteiger partial charge in [-0.1, -0.05) is 23.7 Å². The Kier molecular flexibility index (Phi) is 2.99. The Labute approximate surface area is 127 Å². The first-order valence-electron chi connectivity index (χ1n) is 6.46. The van der Waals surface area contributed by atoms with E-state index >= 15 is 0 Å². The van der Waals surface area contributed by atoms with E-state index in [0.29, 0.717) is 22.5 Å². The molecule has 1 heterocycles. The van der Waals surface area contributed by atoms with E-state index in [9.17, 15) is 9.59 Å². The fourth-order valence-electron chi connectivity index (χ4n) is 2.60. The van der Waals surface area contributed by atoms with Crippen molar-refractivity contribution in [2.45, 2.75) is 13.8 Å². The molecule has 0 unspecified atom stereocenters. The predicted molar refractivity (Wildman–Crippen MR) is 82.9 cm³/mol. The molecule has 0 saturated heterocycles. The summed E-state index contributed by atoms with van der Waals surface area (Å²) >= 11 is 6.14. The number of nitrogen functional groups attached to an aromatic ring is 1. The van der Waals surface area contributed by atoms with Crippen LogP contribution in [0.3, 0.4) is 0 Å². The highest BCUT2D eigenvalue weighted by Crippen LogP contribution is 2.36. The molecule has 106 valence electrons. The fourth-order valence-corrected chi connectivity index (χ4v) is 2.87. The zero-order chi connectivity index (χ0) is 15.3. The Morgan fingerprint density at radius 1 is 0.952 bits per heavy atom. The van der Waals surface area contributed by atoms with Crippen LogP contribution >= 0.6 is 11.6 Å². The van der Waals surface area contributed by atoms with Crippen LogP contribution in [0.25, 0.3) is 0 Å². The van der Waals surface area contributed by atoms with Gasteiger partial charge in [0, 0.05) is 5.69 Å². The zero-order valence-electron chi connectivity index (χ0n) is 11.6. The first-order valence-corrected chi connectivity index (χ1v) is 6.83. The van der Waals surface area contributed by atoms with Gasteiger partial charge in [-0.3, -0.25) is 9.59 Å². The molecule has 0 saturated carbocycles. The summed E-state index contributed by atoms with van der Waals surface area (Å²) in [6.07, 6.45) is 0. The van der Waals surface area contributed by atoms with E-state index in [1.807, 2.05) is 26.0 Å². The number of hydrogen-bond acceptors (Lipinski definition) is 3. The molecule has 2 amide bonds. The van der Waals surface area contributed by atoms with Crippen LogP contribution in [0.5, 0.6) is 0 Å². The lowest BCUT2D eigenvalue weighted by molar-refractivity contribution is 0.0926. The fraction of sp³-hybridized carbons (Fsp3) is 0.125. The average molecular weight is 301 g/mol. The lowest BCUT2D eigenvalue weighted by Crippen LogP contribution is -2.29. The van der Waals surface area contributed by atoms with Gasteiger partial charge in [0.25, 0.3) is 11.8 Å². The molecular weight excluding hydrogens is 288 g/mol. The number of amides is 2. The van der Waals surface area contributed by atoms with Crippen LogP contribution in [0.15, 0.2) is 30.3 Å². The molecule has 0 radical (unpaired) electrons. The van der Waals surface area contributed by atoms with Gasteiger partial charge < -0.3 is 5.73 Å². The number of hydrogen-bond donors (Lipinski definition) is 1. The highest BCUT2D eigenvalue weighted by molar-refractivity contribution is 6.40. The maximum atomic E-state index is 12.6. The molecule has 1 aliphatic rings. The van der Waals surface area contributed by atoms with Crippen LogP contribution in [0.4, 0.5) is 11.4 Å². The number of anilines is 2. The van der Waals surface area contributed by atoms with Crippen LogP contribution in [-0.4, -0.2) is 11.8 Å². The number of aryl methyl sites for hydroxylation is 2. The number of carbonyl (C=O) groups is 2. The lowest BCUT2D eigenvalue weighted by Gasteiger charge is -2.16. The molecule has 21 heavy (non-hydrogen) atoms. The number of fused-ring (bicyclic) bond motifs is 1. The van der Waals surface area contributed by atoms with Crippen molar-refractivity contribution in [3.05, 3.63) is 57.6 Å². The first-order chi connectivity index (χ1) is 9.91. The average Bonchev–Trinajstić information content (AvgIpc) is 2.68. The lowest BCUT2D eigenvalue weighted by atomic mass is 9.99. The first kappa shape index (κ1) is 13.6. The molecule has 2 aromatic rings. The summed E-state index contributed by atoms with van der Waals surface area (Å²) < 4.78 is 0. The Morgan fingerprint density at radius 2 is 1.48 bits per heavy atom. The molecule has 1 aliphatic heterocycles. The van der Waals surface area contributed by atoms with E-state index < -0.39 is 0 Å². The number of benzene rings is 2. The van der Waals surface area contributed by atoms with E-state index in [-0.39, 0.29) is 16.8 Å². The molecule has 0 bridgehead atoms. The maximum absolute atomic E-state index is 12.6.